The molecule has 0 aromatic heterocycles. The zero-order chi connectivity index (χ0) is 17.6. The van der Waals surface area contributed by atoms with Crippen molar-refractivity contribution in [3.8, 4) is 0 Å². The van der Waals surface area contributed by atoms with E-state index in [1.165, 1.54) is 0 Å². The van der Waals surface area contributed by atoms with Crippen LogP contribution in [0, 0.1) is 17.8 Å². The quantitative estimate of drug-likeness (QED) is 0.489. The molecule has 1 unspecified atom stereocenters. The third-order valence-corrected chi connectivity index (χ3v) is 15.9. The minimum absolute atomic E-state index is 0.158. The fraction of sp³-hybridized carbons (Fsp3) is 1.00. The molecule has 0 aromatic carbocycles. The second-order valence-corrected chi connectivity index (χ2v) is 16.5. The topological polar surface area (TPSA) is 58.9 Å². The molecule has 0 amide bonds. The predicted molar refractivity (Wildman–Crippen MR) is 91.0 cm³/mol. The zero-order valence-electron chi connectivity index (χ0n) is 15.8. The fourth-order valence-electron chi connectivity index (χ4n) is 3.26. The Balaban J connectivity index is 5.31. The Morgan fingerprint density at radius 3 is 1.45 bits per heavy atom. The average molecular weight is 414 g/mol. The van der Waals surface area contributed by atoms with Gasteiger partial charge in [0.05, 0.1) is 0 Å². The van der Waals surface area contributed by atoms with Crippen LogP contribution >= 0.6 is 0 Å². The fourth-order valence-corrected chi connectivity index (χ4v) is 17.1. The summed E-state index contributed by atoms with van der Waals surface area (Å²) in [6.45, 7) is 17.0. The summed E-state index contributed by atoms with van der Waals surface area (Å²) in [6, 6.07) is 2.90. The maximum atomic E-state index is 10.4. The Kier molecular flexibility index (Phi) is 10.5. The minimum atomic E-state index is -4.88. The van der Waals surface area contributed by atoms with Gasteiger partial charge in [-0.05, 0) is 0 Å². The van der Waals surface area contributed by atoms with Crippen LogP contribution in [0.3, 0.4) is 0 Å². The van der Waals surface area contributed by atoms with E-state index in [1.807, 2.05) is 13.8 Å². The van der Waals surface area contributed by atoms with Crippen LogP contribution < -0.4 is 0 Å². The Bertz CT molecular complexity index is 282. The van der Waals surface area contributed by atoms with Crippen molar-refractivity contribution in [3.05, 3.63) is 0 Å². The SMILES string of the molecule is CCC(C)[O][Zr]([OH])([OH])[O][Si](CC(C)C)(CC(C)C)CC(C)C. The predicted octanol–water partition coefficient (Wildman–Crippen LogP) is 4.53. The molecular weight excluding hydrogens is 375 g/mol. The van der Waals surface area contributed by atoms with Crippen LogP contribution in [0.2, 0.25) is 18.1 Å². The molecule has 0 spiro atoms. The molecule has 0 saturated heterocycles. The van der Waals surface area contributed by atoms with E-state index in [0.717, 1.165) is 24.6 Å². The van der Waals surface area contributed by atoms with Gasteiger partial charge in [-0.1, -0.05) is 0 Å². The van der Waals surface area contributed by atoms with E-state index in [1.54, 1.807) is 0 Å². The van der Waals surface area contributed by atoms with Gasteiger partial charge in [0.1, 0.15) is 0 Å². The summed E-state index contributed by atoms with van der Waals surface area (Å²) < 4.78 is 32.6. The normalized spacial score (nSPS) is 15.1. The van der Waals surface area contributed by atoms with Gasteiger partial charge in [-0.2, -0.15) is 0 Å². The first-order valence-corrected chi connectivity index (χ1v) is 15.5. The Morgan fingerprint density at radius 2 is 1.18 bits per heavy atom. The summed E-state index contributed by atoms with van der Waals surface area (Å²) >= 11 is -4.88. The van der Waals surface area contributed by atoms with Crippen LogP contribution in [-0.4, -0.2) is 20.8 Å². The third kappa shape index (κ3) is 9.94. The molecule has 1 atom stereocenters. The van der Waals surface area contributed by atoms with E-state index in [2.05, 4.69) is 41.5 Å². The van der Waals surface area contributed by atoms with Crippen LogP contribution in [-0.2, 0) is 27.3 Å². The number of rotatable bonds is 11. The molecule has 6 heteroatoms. The first kappa shape index (κ1) is 22.9. The second kappa shape index (κ2) is 10.0. The molecule has 0 fully saturated rings. The molecule has 0 heterocycles. The van der Waals surface area contributed by atoms with Gasteiger partial charge in [0, 0.05) is 0 Å². The molecule has 0 aliphatic carbocycles. The molecular formula is C16H38O4SiZr. The number of hydrogen-bond donors (Lipinski definition) is 2. The molecule has 0 aliphatic heterocycles. The van der Waals surface area contributed by atoms with Crippen LogP contribution in [0.15, 0.2) is 0 Å². The molecule has 22 heavy (non-hydrogen) atoms. The van der Waals surface area contributed by atoms with Gasteiger partial charge >= 0.3 is 146 Å². The van der Waals surface area contributed by atoms with Crippen molar-refractivity contribution in [3.63, 3.8) is 0 Å². The van der Waals surface area contributed by atoms with E-state index in [4.69, 9.17) is 5.32 Å². The van der Waals surface area contributed by atoms with E-state index in [-0.39, 0.29) is 6.10 Å². The molecule has 0 bridgehead atoms. The van der Waals surface area contributed by atoms with Crippen molar-refractivity contribution >= 4 is 8.32 Å². The molecule has 2 N–H and O–H groups in total. The monoisotopic (exact) mass is 412 g/mol. The van der Waals surface area contributed by atoms with Crippen molar-refractivity contribution in [2.75, 3.05) is 0 Å². The van der Waals surface area contributed by atoms with Crippen molar-refractivity contribution in [1.29, 1.82) is 0 Å². The average Bonchev–Trinajstić information content (AvgIpc) is 2.23. The molecule has 4 nitrogen and oxygen atoms in total. The molecule has 0 saturated carbocycles. The van der Waals surface area contributed by atoms with E-state index in [9.17, 15) is 6.37 Å². The number of hydrogen-bond acceptors (Lipinski definition) is 4. The molecule has 0 rings (SSSR count). The van der Waals surface area contributed by atoms with Crippen LogP contribution in [0.4, 0.5) is 0 Å². The van der Waals surface area contributed by atoms with E-state index in [0.29, 0.717) is 17.8 Å². The summed E-state index contributed by atoms with van der Waals surface area (Å²) in [4.78, 5) is 0. The summed E-state index contributed by atoms with van der Waals surface area (Å²) in [5.74, 6) is 1.49. The van der Waals surface area contributed by atoms with Crippen molar-refractivity contribution < 1.29 is 33.7 Å². The molecule has 0 radical (unpaired) electrons. The van der Waals surface area contributed by atoms with Gasteiger partial charge in [-0.15, -0.1) is 0 Å². The van der Waals surface area contributed by atoms with Gasteiger partial charge in [0.25, 0.3) is 0 Å². The summed E-state index contributed by atoms with van der Waals surface area (Å²) in [5, 5.41) is 0. The molecule has 134 valence electrons. The van der Waals surface area contributed by atoms with Gasteiger partial charge < -0.3 is 0 Å². The van der Waals surface area contributed by atoms with Crippen LogP contribution in [0.5, 0.6) is 0 Å². The summed E-state index contributed by atoms with van der Waals surface area (Å²) in [6.07, 6.45) is 0.602. The first-order valence-electron chi connectivity index (χ1n) is 8.74. The summed E-state index contributed by atoms with van der Waals surface area (Å²) in [7, 11) is -2.23. The Morgan fingerprint density at radius 1 is 0.818 bits per heavy atom. The third-order valence-electron chi connectivity index (χ3n) is 3.62. The molecule has 0 aromatic rings. The maximum absolute atomic E-state index is 10.4. The van der Waals surface area contributed by atoms with Crippen molar-refractivity contribution in [1.82, 2.24) is 0 Å². The van der Waals surface area contributed by atoms with Gasteiger partial charge in [-0.3, -0.25) is 0 Å². The second-order valence-electron chi connectivity index (χ2n) is 7.96. The first-order chi connectivity index (χ1) is 9.91. The Hall–Kier alpha value is 0.940. The molecule has 0 aliphatic rings. The van der Waals surface area contributed by atoms with Gasteiger partial charge in [0.2, 0.25) is 0 Å². The van der Waals surface area contributed by atoms with Crippen molar-refractivity contribution in [2.45, 2.75) is 86.0 Å². The van der Waals surface area contributed by atoms with Crippen LogP contribution in [0.1, 0.15) is 61.8 Å². The van der Waals surface area contributed by atoms with E-state index < -0.39 is 30.3 Å². The van der Waals surface area contributed by atoms with Gasteiger partial charge in [-0.25, -0.2) is 0 Å². The standard InChI is InChI=1S/C12H27OSi.C4H9O.2H2O.Zr/c1-10(2)7-14(13,8-11(3)4)9-12(5)6;1-3-4(2)5;;;/h10-12H,7-9H2,1-6H3;4H,3H2,1-2H3;2*1H2;/q2*-1;;;+4/p-2. The van der Waals surface area contributed by atoms with Crippen molar-refractivity contribution in [2.24, 2.45) is 17.8 Å². The zero-order valence-corrected chi connectivity index (χ0v) is 19.3. The van der Waals surface area contributed by atoms with E-state index >= 15 is 0 Å². The van der Waals surface area contributed by atoms with Crippen LogP contribution in [0.25, 0.3) is 0 Å². The summed E-state index contributed by atoms with van der Waals surface area (Å²) in [5.41, 5.74) is 0. The Labute approximate surface area is 145 Å². The van der Waals surface area contributed by atoms with Gasteiger partial charge in [0.15, 0.2) is 0 Å².